The molecule has 3 N–H and O–H groups in total. The van der Waals surface area contributed by atoms with E-state index in [9.17, 15) is 18.0 Å². The number of anilines is 1. The summed E-state index contributed by atoms with van der Waals surface area (Å²) in [5.41, 5.74) is 3.39. The highest BCUT2D eigenvalue weighted by atomic mass is 32.2. The van der Waals surface area contributed by atoms with Crippen molar-refractivity contribution in [2.24, 2.45) is 0 Å². The number of nitrogens with one attached hydrogen (secondary N) is 3. The molecular weight excluding hydrogens is 322 g/mol. The van der Waals surface area contributed by atoms with Gasteiger partial charge in [-0.05, 0) is 42.3 Å². The molecule has 9 heteroatoms. The third-order valence-corrected chi connectivity index (χ3v) is 4.57. The number of hydrogen-bond donors (Lipinski definition) is 3. The molecule has 1 aromatic carbocycles. The molecule has 0 spiro atoms. The lowest BCUT2D eigenvalue weighted by molar-refractivity contribution is -0.116. The molecule has 23 heavy (non-hydrogen) atoms. The van der Waals surface area contributed by atoms with Gasteiger partial charge in [0.25, 0.3) is 10.0 Å². The molecule has 1 aliphatic rings. The van der Waals surface area contributed by atoms with Crippen molar-refractivity contribution in [2.45, 2.75) is 17.7 Å². The maximum absolute atomic E-state index is 12.2. The van der Waals surface area contributed by atoms with Gasteiger partial charge in [-0.2, -0.15) is 0 Å². The molecular formula is C14H13N3O5S. The van der Waals surface area contributed by atoms with Crippen LogP contribution in [-0.2, 0) is 21.2 Å². The van der Waals surface area contributed by atoms with E-state index in [1.54, 1.807) is 0 Å². The molecule has 1 aromatic heterocycles. The van der Waals surface area contributed by atoms with E-state index in [4.69, 9.17) is 4.42 Å². The Bertz CT molecular complexity index is 859. The number of rotatable bonds is 4. The number of aryl methyl sites for hydroxylation is 1. The molecule has 0 aliphatic carbocycles. The van der Waals surface area contributed by atoms with Gasteiger partial charge in [-0.3, -0.25) is 15.0 Å². The molecule has 0 unspecified atom stereocenters. The number of fused-ring (bicyclic) bond motifs is 1. The molecule has 8 nitrogen and oxygen atoms in total. The van der Waals surface area contributed by atoms with Gasteiger partial charge in [0, 0.05) is 12.1 Å². The smallest absolute Gasteiger partial charge is 0.301 e. The number of amides is 2. The number of carbonyl (C=O) groups is 2. The zero-order chi connectivity index (χ0) is 16.4. The number of hydrogen-bond acceptors (Lipinski definition) is 5. The molecule has 1 aliphatic heterocycles. The Balaban J connectivity index is 1.75. The van der Waals surface area contributed by atoms with Gasteiger partial charge in [0.2, 0.25) is 5.91 Å². The third-order valence-electron chi connectivity index (χ3n) is 3.33. The van der Waals surface area contributed by atoms with Crippen LogP contribution < -0.4 is 15.6 Å². The molecule has 2 heterocycles. The first-order valence-corrected chi connectivity index (χ1v) is 8.22. The van der Waals surface area contributed by atoms with Crippen LogP contribution in [0.2, 0.25) is 0 Å². The van der Waals surface area contributed by atoms with Crippen LogP contribution in [0.25, 0.3) is 0 Å². The summed E-state index contributed by atoms with van der Waals surface area (Å²) in [5, 5.41) is 2.67. The Kier molecular flexibility index (Phi) is 3.89. The molecule has 0 radical (unpaired) electrons. The van der Waals surface area contributed by atoms with E-state index < -0.39 is 15.9 Å². The van der Waals surface area contributed by atoms with Gasteiger partial charge in [-0.15, -0.1) is 4.83 Å². The number of hydrazine groups is 1. The predicted molar refractivity (Wildman–Crippen MR) is 79.9 cm³/mol. The fourth-order valence-corrected chi connectivity index (χ4v) is 3.06. The molecule has 120 valence electrons. The van der Waals surface area contributed by atoms with Crippen LogP contribution in [0.1, 0.15) is 22.5 Å². The minimum Gasteiger partial charge on any atom is -0.459 e. The van der Waals surface area contributed by atoms with Crippen molar-refractivity contribution in [2.75, 3.05) is 5.32 Å². The predicted octanol–water partition coefficient (Wildman–Crippen LogP) is 0.788. The molecule has 0 atom stereocenters. The zero-order valence-electron chi connectivity index (χ0n) is 11.8. The number of carbonyl (C=O) groups excluding carboxylic acids is 2. The van der Waals surface area contributed by atoms with Crippen molar-refractivity contribution in [3.05, 3.63) is 47.9 Å². The van der Waals surface area contributed by atoms with Crippen LogP contribution in [0.4, 0.5) is 5.69 Å². The van der Waals surface area contributed by atoms with Gasteiger partial charge in [0.1, 0.15) is 0 Å². The Morgan fingerprint density at radius 1 is 1.22 bits per heavy atom. The Hall–Kier alpha value is -2.65. The van der Waals surface area contributed by atoms with E-state index in [0.29, 0.717) is 18.5 Å². The fourth-order valence-electron chi connectivity index (χ4n) is 2.17. The van der Waals surface area contributed by atoms with Crippen molar-refractivity contribution in [3.63, 3.8) is 0 Å². The number of furan rings is 1. The standard InChI is InChI=1S/C14H13N3O5S/c18-13-6-3-9-8-10(4-5-11(9)15-13)23(20,21)17-16-14(19)12-2-1-7-22-12/h1-2,4-5,7-8,17H,3,6H2,(H,15,18)(H,16,19). The van der Waals surface area contributed by atoms with E-state index in [2.05, 4.69) is 10.7 Å². The van der Waals surface area contributed by atoms with E-state index >= 15 is 0 Å². The van der Waals surface area contributed by atoms with Gasteiger partial charge in [0.05, 0.1) is 11.2 Å². The largest absolute Gasteiger partial charge is 0.459 e. The lowest BCUT2D eigenvalue weighted by Gasteiger charge is -2.17. The Morgan fingerprint density at radius 2 is 2.04 bits per heavy atom. The van der Waals surface area contributed by atoms with Gasteiger partial charge in [0.15, 0.2) is 5.76 Å². The monoisotopic (exact) mass is 335 g/mol. The molecule has 0 fully saturated rings. The minimum absolute atomic E-state index is 0.00727. The van der Waals surface area contributed by atoms with E-state index in [-0.39, 0.29) is 16.6 Å². The normalized spacial score (nSPS) is 14.0. The maximum atomic E-state index is 12.2. The first-order chi connectivity index (χ1) is 11.0. The van der Waals surface area contributed by atoms with Gasteiger partial charge in [-0.1, -0.05) is 0 Å². The molecule has 0 bridgehead atoms. The minimum atomic E-state index is -3.93. The highest BCUT2D eigenvalue weighted by molar-refractivity contribution is 7.89. The lowest BCUT2D eigenvalue weighted by atomic mass is 10.0. The van der Waals surface area contributed by atoms with Crippen LogP contribution in [0, 0.1) is 0 Å². The van der Waals surface area contributed by atoms with E-state index in [1.165, 1.54) is 36.6 Å². The van der Waals surface area contributed by atoms with Crippen LogP contribution in [0.15, 0.2) is 45.9 Å². The molecule has 3 rings (SSSR count). The SMILES string of the molecule is O=C1CCc2cc(S(=O)(=O)NNC(=O)c3ccco3)ccc2N1. The Morgan fingerprint density at radius 3 is 2.78 bits per heavy atom. The lowest BCUT2D eigenvalue weighted by Crippen LogP contribution is -2.41. The summed E-state index contributed by atoms with van der Waals surface area (Å²) in [6, 6.07) is 7.27. The summed E-state index contributed by atoms with van der Waals surface area (Å²) in [6.45, 7) is 0. The quantitative estimate of drug-likeness (QED) is 0.714. The summed E-state index contributed by atoms with van der Waals surface area (Å²) in [7, 11) is -3.93. The first kappa shape index (κ1) is 15.3. The summed E-state index contributed by atoms with van der Waals surface area (Å²) in [5.74, 6) is -0.818. The van der Waals surface area contributed by atoms with Gasteiger partial charge < -0.3 is 9.73 Å². The molecule has 2 amide bonds. The summed E-state index contributed by atoms with van der Waals surface area (Å²) >= 11 is 0. The summed E-state index contributed by atoms with van der Waals surface area (Å²) in [6.07, 6.45) is 2.07. The van der Waals surface area contributed by atoms with Gasteiger partial charge in [-0.25, -0.2) is 8.42 Å². The molecule has 0 saturated heterocycles. The third kappa shape index (κ3) is 3.25. The summed E-state index contributed by atoms with van der Waals surface area (Å²) < 4.78 is 29.3. The van der Waals surface area contributed by atoms with Crippen LogP contribution >= 0.6 is 0 Å². The average molecular weight is 335 g/mol. The van der Waals surface area contributed by atoms with E-state index in [0.717, 1.165) is 5.56 Å². The second-order valence-electron chi connectivity index (χ2n) is 4.90. The van der Waals surface area contributed by atoms with Crippen molar-refractivity contribution >= 4 is 27.5 Å². The first-order valence-electron chi connectivity index (χ1n) is 6.74. The second kappa shape index (κ2) is 5.86. The second-order valence-corrected chi connectivity index (χ2v) is 6.59. The number of benzene rings is 1. The zero-order valence-corrected chi connectivity index (χ0v) is 12.6. The molecule has 0 saturated carbocycles. The van der Waals surface area contributed by atoms with Crippen LogP contribution in [0.5, 0.6) is 0 Å². The van der Waals surface area contributed by atoms with Crippen LogP contribution in [-0.4, -0.2) is 20.2 Å². The average Bonchev–Trinajstić information content (AvgIpc) is 3.06. The van der Waals surface area contributed by atoms with Crippen molar-refractivity contribution in [1.82, 2.24) is 10.3 Å². The van der Waals surface area contributed by atoms with Crippen LogP contribution in [0.3, 0.4) is 0 Å². The van der Waals surface area contributed by atoms with Crippen molar-refractivity contribution in [1.29, 1.82) is 0 Å². The van der Waals surface area contributed by atoms with Crippen molar-refractivity contribution < 1.29 is 22.4 Å². The maximum Gasteiger partial charge on any atom is 0.301 e. The summed E-state index contributed by atoms with van der Waals surface area (Å²) in [4.78, 5) is 25.0. The fraction of sp³-hybridized carbons (Fsp3) is 0.143. The van der Waals surface area contributed by atoms with Crippen molar-refractivity contribution in [3.8, 4) is 0 Å². The highest BCUT2D eigenvalue weighted by Gasteiger charge is 2.21. The molecule has 2 aromatic rings. The Labute approximate surface area is 131 Å². The van der Waals surface area contributed by atoms with Gasteiger partial charge >= 0.3 is 5.91 Å². The van der Waals surface area contributed by atoms with E-state index in [1.807, 2.05) is 4.83 Å². The highest BCUT2D eigenvalue weighted by Crippen LogP contribution is 2.25. The topological polar surface area (TPSA) is 118 Å². The number of sulfonamides is 1.